The number of hydrogen-bond donors (Lipinski definition) is 2. The van der Waals surface area contributed by atoms with Gasteiger partial charge in [0.2, 0.25) is 9.84 Å². The molecule has 0 bridgehead atoms. The standard InChI is InChI=1S/C19H22N2O3S.C7H5NO.ClH/c1-21-12-6-3-7-13-24-18-11-10-16(15-20)14-19(18)25(22,23)17-8-4-2-5-9-17;8-5-6-1-3-7(9)4-2-6;/h2,4-5,8-11,14,21H,3,6-7,12-13H2,1H3;1-4,9H;1H. The van der Waals surface area contributed by atoms with E-state index in [1.807, 2.05) is 19.2 Å². The first kappa shape index (κ1) is 29.5. The zero-order valence-corrected chi connectivity index (χ0v) is 21.0. The third kappa shape index (κ3) is 9.30. The number of ether oxygens (including phenoxy) is 1. The van der Waals surface area contributed by atoms with E-state index in [0.29, 0.717) is 12.2 Å². The fraction of sp³-hybridized carbons (Fsp3) is 0.231. The van der Waals surface area contributed by atoms with E-state index in [1.165, 1.54) is 30.3 Å². The molecule has 0 aliphatic rings. The number of nitrogens with one attached hydrogen (secondary N) is 1. The van der Waals surface area contributed by atoms with E-state index in [9.17, 15) is 8.42 Å². The van der Waals surface area contributed by atoms with Gasteiger partial charge in [0.05, 0.1) is 34.8 Å². The van der Waals surface area contributed by atoms with Crippen molar-refractivity contribution >= 4 is 22.2 Å². The Morgan fingerprint density at radius 2 is 1.51 bits per heavy atom. The molecule has 0 heterocycles. The second-order valence-electron chi connectivity index (χ2n) is 7.26. The number of nitriles is 2. The van der Waals surface area contributed by atoms with Crippen LogP contribution in [0.15, 0.2) is 82.6 Å². The number of halogens is 1. The quantitative estimate of drug-likeness (QED) is 0.392. The Morgan fingerprint density at radius 3 is 2.11 bits per heavy atom. The molecule has 0 aliphatic heterocycles. The molecule has 0 amide bonds. The lowest BCUT2D eigenvalue weighted by atomic mass is 10.2. The smallest absolute Gasteiger partial charge is 0.210 e. The van der Waals surface area contributed by atoms with Gasteiger partial charge < -0.3 is 15.2 Å². The Balaban J connectivity index is 0.000000516. The zero-order valence-electron chi connectivity index (χ0n) is 19.3. The van der Waals surface area contributed by atoms with Crippen molar-refractivity contribution in [1.82, 2.24) is 5.32 Å². The van der Waals surface area contributed by atoms with Crippen LogP contribution in [0.5, 0.6) is 11.5 Å². The fourth-order valence-corrected chi connectivity index (χ4v) is 4.38. The van der Waals surface area contributed by atoms with Gasteiger partial charge in [-0.15, -0.1) is 12.4 Å². The van der Waals surface area contributed by atoms with E-state index >= 15 is 0 Å². The summed E-state index contributed by atoms with van der Waals surface area (Å²) < 4.78 is 31.5. The third-order valence-electron chi connectivity index (χ3n) is 4.74. The maximum absolute atomic E-state index is 12.9. The summed E-state index contributed by atoms with van der Waals surface area (Å²) in [7, 11) is -1.83. The molecular formula is C26H28ClN3O4S. The Morgan fingerprint density at radius 1 is 0.886 bits per heavy atom. The lowest BCUT2D eigenvalue weighted by Gasteiger charge is -2.12. The Kier molecular flexibility index (Phi) is 12.9. The lowest BCUT2D eigenvalue weighted by molar-refractivity contribution is 0.297. The molecule has 0 fully saturated rings. The molecule has 3 aromatic rings. The van der Waals surface area contributed by atoms with Crippen LogP contribution in [0.3, 0.4) is 0 Å². The first-order chi connectivity index (χ1) is 16.4. The van der Waals surface area contributed by atoms with Crippen molar-refractivity contribution in [3.05, 3.63) is 83.9 Å². The molecular weight excluding hydrogens is 486 g/mol. The molecule has 35 heavy (non-hydrogen) atoms. The predicted octanol–water partition coefficient (Wildman–Crippen LogP) is 4.85. The number of rotatable bonds is 9. The Bertz CT molecular complexity index is 1240. The Hall–Kier alpha value is -3.56. The number of hydrogen-bond acceptors (Lipinski definition) is 7. The van der Waals surface area contributed by atoms with E-state index in [1.54, 1.807) is 42.5 Å². The van der Waals surface area contributed by atoms with Crippen molar-refractivity contribution in [2.24, 2.45) is 0 Å². The summed E-state index contributed by atoms with van der Waals surface area (Å²) in [6, 6.07) is 22.7. The molecule has 0 atom stereocenters. The third-order valence-corrected chi connectivity index (χ3v) is 6.53. The van der Waals surface area contributed by atoms with Crippen LogP contribution in [0.25, 0.3) is 0 Å². The number of phenols is 1. The van der Waals surface area contributed by atoms with Crippen molar-refractivity contribution in [3.8, 4) is 23.6 Å². The average Bonchev–Trinajstić information content (AvgIpc) is 2.87. The van der Waals surface area contributed by atoms with Gasteiger partial charge in [-0.05, 0) is 87.5 Å². The molecule has 0 saturated carbocycles. The first-order valence-corrected chi connectivity index (χ1v) is 12.2. The SMILES string of the molecule is CNCCCCCOc1ccc(C#N)cc1S(=O)(=O)c1ccccc1.Cl.N#Cc1ccc(O)cc1. The molecule has 3 rings (SSSR count). The van der Waals surface area contributed by atoms with Crippen LogP contribution >= 0.6 is 12.4 Å². The minimum atomic E-state index is -3.74. The van der Waals surface area contributed by atoms with Gasteiger partial charge in [0, 0.05) is 0 Å². The molecule has 2 N–H and O–H groups in total. The molecule has 0 unspecified atom stereocenters. The molecule has 3 aromatic carbocycles. The van der Waals surface area contributed by atoms with Crippen LogP contribution in [-0.4, -0.2) is 33.7 Å². The van der Waals surface area contributed by atoms with Crippen LogP contribution in [0.4, 0.5) is 0 Å². The molecule has 0 spiro atoms. The normalized spacial score (nSPS) is 10.0. The topological polar surface area (TPSA) is 123 Å². The number of sulfone groups is 1. The van der Waals surface area contributed by atoms with Crippen LogP contribution in [0.2, 0.25) is 0 Å². The van der Waals surface area contributed by atoms with E-state index < -0.39 is 9.84 Å². The van der Waals surface area contributed by atoms with E-state index in [0.717, 1.165) is 25.8 Å². The van der Waals surface area contributed by atoms with Gasteiger partial charge in [-0.2, -0.15) is 10.5 Å². The number of nitrogens with zero attached hydrogens (tertiary/aromatic N) is 2. The number of aromatic hydroxyl groups is 1. The highest BCUT2D eigenvalue weighted by molar-refractivity contribution is 7.91. The first-order valence-electron chi connectivity index (χ1n) is 10.7. The molecule has 184 valence electrons. The summed E-state index contributed by atoms with van der Waals surface area (Å²) in [4.78, 5) is 0.219. The second-order valence-corrected chi connectivity index (χ2v) is 9.18. The molecule has 0 radical (unpaired) electrons. The van der Waals surface area contributed by atoms with Crippen LogP contribution < -0.4 is 10.1 Å². The molecule has 9 heteroatoms. The summed E-state index contributed by atoms with van der Waals surface area (Å²) in [6.45, 7) is 1.39. The minimum Gasteiger partial charge on any atom is -0.508 e. The second kappa shape index (κ2) is 15.4. The summed E-state index contributed by atoms with van der Waals surface area (Å²) in [5, 5.41) is 29.2. The summed E-state index contributed by atoms with van der Waals surface area (Å²) in [6.07, 6.45) is 2.88. The zero-order chi connectivity index (χ0) is 24.8. The largest absolute Gasteiger partial charge is 0.508 e. The van der Waals surface area contributed by atoms with Gasteiger partial charge in [0.15, 0.2) is 0 Å². The Labute approximate surface area is 212 Å². The number of benzene rings is 3. The van der Waals surface area contributed by atoms with Crippen molar-refractivity contribution in [3.63, 3.8) is 0 Å². The van der Waals surface area contributed by atoms with Crippen LogP contribution in [0, 0.1) is 22.7 Å². The molecule has 7 nitrogen and oxygen atoms in total. The summed E-state index contributed by atoms with van der Waals surface area (Å²) in [5.41, 5.74) is 0.851. The highest BCUT2D eigenvalue weighted by atomic mass is 35.5. The van der Waals surface area contributed by atoms with E-state index in [2.05, 4.69) is 5.32 Å². The average molecular weight is 514 g/mol. The van der Waals surface area contributed by atoms with Crippen LogP contribution in [0.1, 0.15) is 30.4 Å². The van der Waals surface area contributed by atoms with Crippen molar-refractivity contribution < 1.29 is 18.3 Å². The van der Waals surface area contributed by atoms with Gasteiger partial charge in [-0.3, -0.25) is 0 Å². The predicted molar refractivity (Wildman–Crippen MR) is 136 cm³/mol. The summed E-state index contributed by atoms with van der Waals surface area (Å²) >= 11 is 0. The fourth-order valence-electron chi connectivity index (χ4n) is 2.93. The van der Waals surface area contributed by atoms with Gasteiger partial charge >= 0.3 is 0 Å². The van der Waals surface area contributed by atoms with Crippen molar-refractivity contribution in [1.29, 1.82) is 10.5 Å². The monoisotopic (exact) mass is 513 g/mol. The van der Waals surface area contributed by atoms with Gasteiger partial charge in [-0.1, -0.05) is 18.2 Å². The maximum Gasteiger partial charge on any atom is 0.210 e. The van der Waals surface area contributed by atoms with E-state index in [-0.39, 0.29) is 39.3 Å². The van der Waals surface area contributed by atoms with Crippen LogP contribution in [-0.2, 0) is 9.84 Å². The van der Waals surface area contributed by atoms with Crippen molar-refractivity contribution in [2.45, 2.75) is 29.1 Å². The highest BCUT2D eigenvalue weighted by Crippen LogP contribution is 2.30. The minimum absolute atomic E-state index is 0. The van der Waals surface area contributed by atoms with E-state index in [4.69, 9.17) is 20.4 Å². The number of phenolic OH excluding ortho intramolecular Hbond substituents is 1. The molecule has 0 aromatic heterocycles. The summed E-state index contributed by atoms with van der Waals surface area (Å²) in [5.74, 6) is 0.477. The highest BCUT2D eigenvalue weighted by Gasteiger charge is 2.22. The maximum atomic E-state index is 12.9. The molecule has 0 aliphatic carbocycles. The lowest BCUT2D eigenvalue weighted by Crippen LogP contribution is -2.09. The van der Waals surface area contributed by atoms with Gasteiger partial charge in [-0.25, -0.2) is 8.42 Å². The number of unbranched alkanes of at least 4 members (excludes halogenated alkanes) is 2. The van der Waals surface area contributed by atoms with Gasteiger partial charge in [0.1, 0.15) is 16.4 Å². The molecule has 0 saturated heterocycles. The van der Waals surface area contributed by atoms with Gasteiger partial charge in [0.25, 0.3) is 0 Å². The van der Waals surface area contributed by atoms with Crippen molar-refractivity contribution in [2.75, 3.05) is 20.2 Å².